The van der Waals surface area contributed by atoms with E-state index in [0.717, 1.165) is 12.1 Å². The highest BCUT2D eigenvalue weighted by Gasteiger charge is 2.04. The Morgan fingerprint density at radius 3 is 2.20 bits per heavy atom. The van der Waals surface area contributed by atoms with Gasteiger partial charge in [0, 0.05) is 27.0 Å². The number of aliphatic hydroxyl groups is 1. The van der Waals surface area contributed by atoms with Crippen molar-refractivity contribution in [1.29, 1.82) is 0 Å². The van der Waals surface area contributed by atoms with Crippen LogP contribution >= 0.6 is 11.8 Å². The van der Waals surface area contributed by atoms with Crippen LogP contribution in [0.3, 0.4) is 0 Å². The van der Waals surface area contributed by atoms with E-state index in [-0.39, 0.29) is 5.75 Å². The van der Waals surface area contributed by atoms with Gasteiger partial charge in [0.05, 0.1) is 10.8 Å². The van der Waals surface area contributed by atoms with Crippen molar-refractivity contribution < 1.29 is 18.1 Å². The maximum Gasteiger partial charge on any atom is 0.264 e. The van der Waals surface area contributed by atoms with Gasteiger partial charge in [0.15, 0.2) is 0 Å². The first-order chi connectivity index (χ1) is 6.83. The van der Waals surface area contributed by atoms with Gasteiger partial charge in [-0.05, 0) is 6.42 Å². The Kier molecular flexibility index (Phi) is 10.3. The topological polar surface area (TPSA) is 77.8 Å². The Morgan fingerprint density at radius 1 is 1.40 bits per heavy atom. The van der Waals surface area contributed by atoms with Crippen molar-refractivity contribution in [3.8, 4) is 0 Å². The maximum absolute atomic E-state index is 10.3. The van der Waals surface area contributed by atoms with Crippen LogP contribution in [-0.4, -0.2) is 55.7 Å². The molecule has 15 heavy (non-hydrogen) atoms. The standard InChI is InChI=1S/C7H15NO3S2.CH4O/c1-7(8(2)3)12-5-4-6-13(9,10)11;1-2/h1,4-6H2,2-3H3,(H,9,10,11);2H,1H3. The minimum Gasteiger partial charge on any atom is -0.400 e. The van der Waals surface area contributed by atoms with Gasteiger partial charge in [-0.2, -0.15) is 8.42 Å². The quantitative estimate of drug-likeness (QED) is 0.537. The fourth-order valence-electron chi connectivity index (χ4n) is 0.560. The Bertz CT molecular complexity index is 262. The van der Waals surface area contributed by atoms with Crippen molar-refractivity contribution >= 4 is 21.9 Å². The van der Waals surface area contributed by atoms with E-state index < -0.39 is 10.1 Å². The lowest BCUT2D eigenvalue weighted by Crippen LogP contribution is -2.09. The van der Waals surface area contributed by atoms with E-state index >= 15 is 0 Å². The molecular formula is C8H19NO4S2. The average molecular weight is 257 g/mol. The van der Waals surface area contributed by atoms with Crippen molar-refractivity contribution in [1.82, 2.24) is 4.90 Å². The monoisotopic (exact) mass is 257 g/mol. The van der Waals surface area contributed by atoms with Crippen LogP contribution in [0.15, 0.2) is 11.6 Å². The van der Waals surface area contributed by atoms with Crippen LogP contribution in [0.2, 0.25) is 0 Å². The number of hydrogen-bond donors (Lipinski definition) is 2. The fourth-order valence-corrected chi connectivity index (χ4v) is 2.03. The molecule has 0 bridgehead atoms. The highest BCUT2D eigenvalue weighted by atomic mass is 32.2. The summed E-state index contributed by atoms with van der Waals surface area (Å²) in [4.78, 5) is 1.86. The largest absolute Gasteiger partial charge is 0.400 e. The molecule has 0 aromatic heterocycles. The number of nitrogens with zero attached hydrogens (tertiary/aromatic N) is 1. The van der Waals surface area contributed by atoms with Crippen LogP contribution < -0.4 is 0 Å². The molecule has 5 nitrogen and oxygen atoms in total. The molecule has 0 aromatic carbocycles. The van der Waals surface area contributed by atoms with Crippen LogP contribution in [-0.2, 0) is 10.1 Å². The van der Waals surface area contributed by atoms with Crippen molar-refractivity contribution in [3.05, 3.63) is 11.6 Å². The second-order valence-corrected chi connectivity index (χ2v) is 5.52. The summed E-state index contributed by atoms with van der Waals surface area (Å²) in [7, 11) is 0.947. The Morgan fingerprint density at radius 2 is 1.87 bits per heavy atom. The van der Waals surface area contributed by atoms with Gasteiger partial charge in [0.2, 0.25) is 0 Å². The zero-order chi connectivity index (χ0) is 12.5. The van der Waals surface area contributed by atoms with E-state index in [0.29, 0.717) is 12.2 Å². The molecule has 0 spiro atoms. The van der Waals surface area contributed by atoms with Gasteiger partial charge in [0.1, 0.15) is 0 Å². The third-order valence-corrected chi connectivity index (χ3v) is 3.31. The second kappa shape index (κ2) is 9.02. The molecule has 0 amide bonds. The molecule has 0 aliphatic rings. The summed E-state index contributed by atoms with van der Waals surface area (Å²) in [5.74, 6) is 0.470. The van der Waals surface area contributed by atoms with Crippen LogP contribution in [0, 0.1) is 0 Å². The first-order valence-electron chi connectivity index (χ1n) is 4.22. The van der Waals surface area contributed by atoms with E-state index in [9.17, 15) is 8.42 Å². The summed E-state index contributed by atoms with van der Waals surface area (Å²) in [5, 5.41) is 7.88. The lowest BCUT2D eigenvalue weighted by molar-refractivity contribution is 0.399. The van der Waals surface area contributed by atoms with E-state index in [1.807, 2.05) is 19.0 Å². The van der Waals surface area contributed by atoms with Crippen molar-refractivity contribution in [2.45, 2.75) is 6.42 Å². The van der Waals surface area contributed by atoms with Gasteiger partial charge in [0.25, 0.3) is 10.1 Å². The summed E-state index contributed by atoms with van der Waals surface area (Å²) in [6.45, 7) is 3.77. The summed E-state index contributed by atoms with van der Waals surface area (Å²) < 4.78 is 29.1. The molecule has 0 aliphatic carbocycles. The Hall–Kier alpha value is -0.240. The predicted molar refractivity (Wildman–Crippen MR) is 64.5 cm³/mol. The SMILES string of the molecule is C=C(SCCCS(=O)(=O)O)N(C)C.CO. The van der Waals surface area contributed by atoms with Gasteiger partial charge in [-0.1, -0.05) is 6.58 Å². The second-order valence-electron chi connectivity index (χ2n) is 2.78. The van der Waals surface area contributed by atoms with E-state index in [4.69, 9.17) is 9.66 Å². The predicted octanol–water partition coefficient (Wildman–Crippen LogP) is 0.639. The molecule has 92 valence electrons. The first kappa shape index (κ1) is 17.2. The van der Waals surface area contributed by atoms with Gasteiger partial charge < -0.3 is 10.0 Å². The molecule has 2 N–H and O–H groups in total. The van der Waals surface area contributed by atoms with Gasteiger partial charge in [-0.25, -0.2) is 0 Å². The third-order valence-electron chi connectivity index (χ3n) is 1.31. The molecular weight excluding hydrogens is 238 g/mol. The highest BCUT2D eigenvalue weighted by Crippen LogP contribution is 2.15. The molecule has 0 radical (unpaired) electrons. The Labute approximate surface area is 95.9 Å². The smallest absolute Gasteiger partial charge is 0.264 e. The summed E-state index contributed by atoms with van der Waals surface area (Å²) >= 11 is 1.48. The third kappa shape index (κ3) is 13.8. The van der Waals surface area contributed by atoms with Crippen LogP contribution in [0.1, 0.15) is 6.42 Å². The van der Waals surface area contributed by atoms with E-state index in [1.54, 1.807) is 0 Å². The molecule has 0 aliphatic heterocycles. The number of rotatable bonds is 6. The van der Waals surface area contributed by atoms with Crippen molar-refractivity contribution in [2.75, 3.05) is 32.7 Å². The molecule has 0 saturated heterocycles. The van der Waals surface area contributed by atoms with Crippen LogP contribution in [0.5, 0.6) is 0 Å². The summed E-state index contributed by atoms with van der Waals surface area (Å²) in [5.41, 5.74) is 0. The molecule has 0 unspecified atom stereocenters. The number of aliphatic hydroxyl groups excluding tert-OH is 1. The lowest BCUT2D eigenvalue weighted by atomic mass is 10.6. The molecule has 7 heteroatoms. The molecule has 0 rings (SSSR count). The number of thioether (sulfide) groups is 1. The molecule has 0 heterocycles. The molecule has 0 atom stereocenters. The van der Waals surface area contributed by atoms with Crippen LogP contribution in [0.25, 0.3) is 0 Å². The Balaban J connectivity index is 0. The molecule has 0 aromatic rings. The van der Waals surface area contributed by atoms with E-state index in [1.165, 1.54) is 11.8 Å². The first-order valence-corrected chi connectivity index (χ1v) is 6.81. The lowest BCUT2D eigenvalue weighted by Gasteiger charge is -2.13. The maximum atomic E-state index is 10.3. The average Bonchev–Trinajstić information content (AvgIpc) is 2.13. The van der Waals surface area contributed by atoms with Gasteiger partial charge >= 0.3 is 0 Å². The minimum absolute atomic E-state index is 0.180. The fraction of sp³-hybridized carbons (Fsp3) is 0.750. The van der Waals surface area contributed by atoms with Crippen molar-refractivity contribution in [3.63, 3.8) is 0 Å². The van der Waals surface area contributed by atoms with Crippen molar-refractivity contribution in [2.24, 2.45) is 0 Å². The zero-order valence-corrected chi connectivity index (χ0v) is 10.9. The summed E-state index contributed by atoms with van der Waals surface area (Å²) in [6.07, 6.45) is 0.441. The molecule has 0 saturated carbocycles. The highest BCUT2D eigenvalue weighted by molar-refractivity contribution is 8.03. The van der Waals surface area contributed by atoms with Gasteiger partial charge in [-0.15, -0.1) is 11.8 Å². The number of hydrogen-bond acceptors (Lipinski definition) is 5. The minimum atomic E-state index is -3.80. The molecule has 0 fully saturated rings. The van der Waals surface area contributed by atoms with Gasteiger partial charge in [-0.3, -0.25) is 4.55 Å². The zero-order valence-electron chi connectivity index (χ0n) is 9.30. The summed E-state index contributed by atoms with van der Waals surface area (Å²) in [6, 6.07) is 0. The van der Waals surface area contributed by atoms with Crippen LogP contribution in [0.4, 0.5) is 0 Å². The van der Waals surface area contributed by atoms with E-state index in [2.05, 4.69) is 6.58 Å². The normalized spacial score (nSPS) is 10.2.